The molecule has 3 rings (SSSR count). The van der Waals surface area contributed by atoms with Gasteiger partial charge in [0, 0.05) is 43.0 Å². The van der Waals surface area contributed by atoms with Gasteiger partial charge in [0.1, 0.15) is 5.82 Å². The van der Waals surface area contributed by atoms with Gasteiger partial charge in [0.05, 0.1) is 0 Å². The molecule has 0 saturated carbocycles. The lowest BCUT2D eigenvalue weighted by Crippen LogP contribution is -2.32. The molecule has 0 fully saturated rings. The zero-order chi connectivity index (χ0) is 20.6. The molecule has 0 spiro atoms. The van der Waals surface area contributed by atoms with E-state index in [-0.39, 0.29) is 6.03 Å². The number of hydrogen-bond donors (Lipinski definition) is 2. The monoisotopic (exact) mass is 390 g/mol. The Morgan fingerprint density at radius 3 is 2.62 bits per heavy atom. The molecule has 2 aromatic carbocycles. The predicted octanol–water partition coefficient (Wildman–Crippen LogP) is 5.37. The Bertz CT molecular complexity index is 917. The Morgan fingerprint density at radius 1 is 1.10 bits per heavy atom. The fraction of sp³-hybridized carbons (Fsp3) is 0.333. The summed E-state index contributed by atoms with van der Waals surface area (Å²) in [5, 5.41) is 5.96. The van der Waals surface area contributed by atoms with Crippen molar-refractivity contribution >= 4 is 11.7 Å². The van der Waals surface area contributed by atoms with Crippen molar-refractivity contribution in [2.45, 2.75) is 45.6 Å². The lowest BCUT2D eigenvalue weighted by atomic mass is 9.97. The molecule has 1 unspecified atom stereocenters. The van der Waals surface area contributed by atoms with E-state index in [1.807, 2.05) is 48.8 Å². The summed E-state index contributed by atoms with van der Waals surface area (Å²) >= 11 is 0. The third-order valence-corrected chi connectivity index (χ3v) is 5.07. The summed E-state index contributed by atoms with van der Waals surface area (Å²) < 4.78 is 2.15. The predicted molar refractivity (Wildman–Crippen MR) is 118 cm³/mol. The van der Waals surface area contributed by atoms with Crippen LogP contribution in [-0.2, 0) is 6.54 Å². The largest absolute Gasteiger partial charge is 0.337 e. The Labute approximate surface area is 173 Å². The zero-order valence-electron chi connectivity index (χ0n) is 17.4. The number of benzene rings is 2. The van der Waals surface area contributed by atoms with Gasteiger partial charge in [0.2, 0.25) is 0 Å². The molecule has 1 atom stereocenters. The number of rotatable bonds is 8. The van der Waals surface area contributed by atoms with Crippen LogP contribution in [0.4, 0.5) is 10.5 Å². The fourth-order valence-electron chi connectivity index (χ4n) is 3.51. The Balaban J connectivity index is 1.58. The summed E-state index contributed by atoms with van der Waals surface area (Å²) in [6.45, 7) is 7.76. The van der Waals surface area contributed by atoms with E-state index in [4.69, 9.17) is 0 Å². The molecule has 2 N–H and O–H groups in total. The minimum Gasteiger partial charge on any atom is -0.337 e. The second-order valence-electron chi connectivity index (χ2n) is 7.62. The second kappa shape index (κ2) is 9.92. The van der Waals surface area contributed by atoms with Crippen LogP contribution < -0.4 is 10.6 Å². The van der Waals surface area contributed by atoms with E-state index in [9.17, 15) is 4.79 Å². The molecule has 0 aliphatic carbocycles. The van der Waals surface area contributed by atoms with Crippen LogP contribution in [0.15, 0.2) is 67.0 Å². The topological polar surface area (TPSA) is 59.0 Å². The van der Waals surface area contributed by atoms with Gasteiger partial charge in [0.15, 0.2) is 0 Å². The molecule has 1 aromatic heterocycles. The molecule has 2 amide bonds. The SMILES string of the molecule is CCC(CNC(=O)Nc1cccc(Cn2ccnc2C(C)C)c1)c1ccccc1. The molecule has 0 aliphatic heterocycles. The number of imidazole rings is 1. The quantitative estimate of drug-likeness (QED) is 0.543. The third kappa shape index (κ3) is 5.70. The van der Waals surface area contributed by atoms with E-state index in [0.717, 1.165) is 30.0 Å². The van der Waals surface area contributed by atoms with Crippen molar-refractivity contribution < 1.29 is 4.79 Å². The smallest absolute Gasteiger partial charge is 0.319 e. The number of hydrogen-bond acceptors (Lipinski definition) is 2. The molecule has 5 nitrogen and oxygen atoms in total. The van der Waals surface area contributed by atoms with Gasteiger partial charge in [-0.3, -0.25) is 0 Å². The molecular weight excluding hydrogens is 360 g/mol. The highest BCUT2D eigenvalue weighted by Gasteiger charge is 2.11. The Kier molecular flexibility index (Phi) is 7.06. The van der Waals surface area contributed by atoms with Gasteiger partial charge in [-0.05, 0) is 29.7 Å². The van der Waals surface area contributed by atoms with Gasteiger partial charge >= 0.3 is 6.03 Å². The van der Waals surface area contributed by atoms with E-state index in [0.29, 0.717) is 18.4 Å². The fourth-order valence-corrected chi connectivity index (χ4v) is 3.51. The standard InChI is InChI=1S/C24H30N4O/c1-4-20(21-10-6-5-7-11-21)16-26-24(29)27-22-12-8-9-19(15-22)17-28-14-13-25-23(28)18(2)3/h5-15,18,20H,4,16-17H2,1-3H3,(H2,26,27,29). The van der Waals surface area contributed by atoms with Crippen LogP contribution in [0.2, 0.25) is 0 Å². The van der Waals surface area contributed by atoms with Crippen LogP contribution in [0, 0.1) is 0 Å². The maximum absolute atomic E-state index is 12.4. The number of anilines is 1. The van der Waals surface area contributed by atoms with Crippen molar-refractivity contribution in [3.8, 4) is 0 Å². The summed E-state index contributed by atoms with van der Waals surface area (Å²) in [7, 11) is 0. The molecule has 1 heterocycles. The van der Waals surface area contributed by atoms with Crippen LogP contribution in [0.5, 0.6) is 0 Å². The average Bonchev–Trinajstić information content (AvgIpc) is 3.18. The van der Waals surface area contributed by atoms with Crippen molar-refractivity contribution in [2.24, 2.45) is 0 Å². The summed E-state index contributed by atoms with van der Waals surface area (Å²) in [4.78, 5) is 16.8. The average molecular weight is 391 g/mol. The number of aromatic nitrogens is 2. The van der Waals surface area contributed by atoms with Crippen LogP contribution in [0.1, 0.15) is 56.0 Å². The number of nitrogens with zero attached hydrogens (tertiary/aromatic N) is 2. The van der Waals surface area contributed by atoms with Gasteiger partial charge in [-0.15, -0.1) is 0 Å². The first-order chi connectivity index (χ1) is 14.1. The molecule has 0 saturated heterocycles. The normalized spacial score (nSPS) is 12.0. The molecule has 0 bridgehead atoms. The minimum atomic E-state index is -0.179. The van der Waals surface area contributed by atoms with Crippen molar-refractivity contribution in [3.63, 3.8) is 0 Å². The van der Waals surface area contributed by atoms with Crippen molar-refractivity contribution in [3.05, 3.63) is 83.9 Å². The van der Waals surface area contributed by atoms with E-state index in [2.05, 4.69) is 59.2 Å². The third-order valence-electron chi connectivity index (χ3n) is 5.07. The van der Waals surface area contributed by atoms with E-state index in [1.54, 1.807) is 0 Å². The zero-order valence-corrected chi connectivity index (χ0v) is 17.4. The van der Waals surface area contributed by atoms with Crippen molar-refractivity contribution in [2.75, 3.05) is 11.9 Å². The van der Waals surface area contributed by atoms with Gasteiger partial charge in [-0.25, -0.2) is 9.78 Å². The number of carbonyl (C=O) groups is 1. The lowest BCUT2D eigenvalue weighted by molar-refractivity contribution is 0.251. The first-order valence-corrected chi connectivity index (χ1v) is 10.3. The number of amides is 2. The minimum absolute atomic E-state index is 0.179. The van der Waals surface area contributed by atoms with Crippen LogP contribution in [0.25, 0.3) is 0 Å². The summed E-state index contributed by atoms with van der Waals surface area (Å²) in [5.74, 6) is 1.74. The molecule has 0 radical (unpaired) electrons. The highest BCUT2D eigenvalue weighted by molar-refractivity contribution is 5.89. The van der Waals surface area contributed by atoms with E-state index in [1.165, 1.54) is 5.56 Å². The van der Waals surface area contributed by atoms with Crippen molar-refractivity contribution in [1.82, 2.24) is 14.9 Å². The van der Waals surface area contributed by atoms with Gasteiger partial charge in [0.25, 0.3) is 0 Å². The molecular formula is C24H30N4O. The van der Waals surface area contributed by atoms with Crippen LogP contribution >= 0.6 is 0 Å². The lowest BCUT2D eigenvalue weighted by Gasteiger charge is -2.17. The van der Waals surface area contributed by atoms with Gasteiger partial charge < -0.3 is 15.2 Å². The first-order valence-electron chi connectivity index (χ1n) is 10.3. The Hall–Kier alpha value is -3.08. The molecule has 5 heteroatoms. The number of urea groups is 1. The molecule has 29 heavy (non-hydrogen) atoms. The Morgan fingerprint density at radius 2 is 1.90 bits per heavy atom. The van der Waals surface area contributed by atoms with Crippen LogP contribution in [-0.4, -0.2) is 22.1 Å². The van der Waals surface area contributed by atoms with Gasteiger partial charge in [-0.2, -0.15) is 0 Å². The maximum atomic E-state index is 12.4. The first kappa shape index (κ1) is 20.6. The molecule has 152 valence electrons. The summed E-state index contributed by atoms with van der Waals surface area (Å²) in [5.41, 5.74) is 3.16. The maximum Gasteiger partial charge on any atom is 0.319 e. The summed E-state index contributed by atoms with van der Waals surface area (Å²) in [6, 6.07) is 18.1. The van der Waals surface area contributed by atoms with Crippen molar-refractivity contribution in [1.29, 1.82) is 0 Å². The second-order valence-corrected chi connectivity index (χ2v) is 7.62. The van der Waals surface area contributed by atoms with E-state index < -0.39 is 0 Å². The molecule has 0 aliphatic rings. The molecule has 3 aromatic rings. The van der Waals surface area contributed by atoms with Crippen LogP contribution in [0.3, 0.4) is 0 Å². The summed E-state index contributed by atoms with van der Waals surface area (Å²) in [6.07, 6.45) is 4.81. The highest BCUT2D eigenvalue weighted by atomic mass is 16.2. The number of nitrogens with one attached hydrogen (secondary N) is 2. The highest BCUT2D eigenvalue weighted by Crippen LogP contribution is 2.19. The van der Waals surface area contributed by atoms with Gasteiger partial charge in [-0.1, -0.05) is 63.2 Å². The van der Waals surface area contributed by atoms with E-state index >= 15 is 0 Å². The number of carbonyl (C=O) groups excluding carboxylic acids is 1.